The van der Waals surface area contributed by atoms with Gasteiger partial charge in [-0.25, -0.2) is 0 Å². The number of benzene rings is 1. The van der Waals surface area contributed by atoms with Gasteiger partial charge in [0.15, 0.2) is 0 Å². The van der Waals surface area contributed by atoms with Crippen LogP contribution in [0.15, 0.2) is 54.7 Å². The minimum absolute atomic E-state index is 0.218. The van der Waals surface area contributed by atoms with E-state index in [0.717, 1.165) is 11.4 Å². The zero-order chi connectivity index (χ0) is 14.4. The number of para-hydroxylation sites is 1. The van der Waals surface area contributed by atoms with Gasteiger partial charge in [-0.3, -0.25) is 9.78 Å². The van der Waals surface area contributed by atoms with Crippen molar-refractivity contribution in [3.05, 3.63) is 60.4 Å². The minimum atomic E-state index is -0.727. The number of amides is 1. The van der Waals surface area contributed by atoms with Gasteiger partial charge >= 0.3 is 0 Å². The summed E-state index contributed by atoms with van der Waals surface area (Å²) in [6, 6.07) is 16.8. The Morgan fingerprint density at radius 1 is 1.25 bits per heavy atom. The summed E-state index contributed by atoms with van der Waals surface area (Å²) in [5.74, 6) is -0.945. The van der Waals surface area contributed by atoms with Gasteiger partial charge in [0.05, 0.1) is 6.07 Å². The zero-order valence-corrected chi connectivity index (χ0v) is 11.2. The Bertz CT molecular complexity index is 605. The van der Waals surface area contributed by atoms with Gasteiger partial charge in [0.2, 0.25) is 5.91 Å². The van der Waals surface area contributed by atoms with Crippen molar-refractivity contribution in [2.45, 2.75) is 6.42 Å². The van der Waals surface area contributed by atoms with Crippen LogP contribution >= 0.6 is 0 Å². The van der Waals surface area contributed by atoms with E-state index in [1.54, 1.807) is 13.2 Å². The van der Waals surface area contributed by atoms with Crippen molar-refractivity contribution < 1.29 is 4.79 Å². The molecular weight excluding hydrogens is 250 g/mol. The fraction of sp³-hybridized carbons (Fsp3) is 0.188. The highest BCUT2D eigenvalue weighted by Crippen LogP contribution is 2.16. The van der Waals surface area contributed by atoms with E-state index >= 15 is 0 Å². The van der Waals surface area contributed by atoms with E-state index in [4.69, 9.17) is 0 Å². The Kier molecular flexibility index (Phi) is 4.46. The molecule has 1 aromatic heterocycles. The Labute approximate surface area is 118 Å². The van der Waals surface area contributed by atoms with Gasteiger partial charge in [-0.1, -0.05) is 24.3 Å². The Morgan fingerprint density at radius 2 is 1.95 bits per heavy atom. The average molecular weight is 265 g/mol. The highest BCUT2D eigenvalue weighted by atomic mass is 16.2. The third-order valence-corrected chi connectivity index (χ3v) is 3.07. The van der Waals surface area contributed by atoms with Gasteiger partial charge in [-0.2, -0.15) is 5.26 Å². The molecule has 0 N–H and O–H groups in total. The van der Waals surface area contributed by atoms with Crippen LogP contribution < -0.4 is 4.90 Å². The van der Waals surface area contributed by atoms with Crippen LogP contribution in [-0.2, 0) is 11.2 Å². The smallest absolute Gasteiger partial charge is 0.244 e. The number of hydrogen-bond donors (Lipinski definition) is 0. The van der Waals surface area contributed by atoms with Gasteiger partial charge in [-0.05, 0) is 24.3 Å². The lowest BCUT2D eigenvalue weighted by Gasteiger charge is -2.20. The molecule has 100 valence electrons. The van der Waals surface area contributed by atoms with E-state index < -0.39 is 5.92 Å². The summed E-state index contributed by atoms with van der Waals surface area (Å²) in [6.45, 7) is 0. The molecule has 0 aliphatic carbocycles. The van der Waals surface area contributed by atoms with Crippen molar-refractivity contribution in [1.29, 1.82) is 5.26 Å². The maximum atomic E-state index is 12.4. The molecule has 0 fully saturated rings. The van der Waals surface area contributed by atoms with Gasteiger partial charge in [-0.15, -0.1) is 0 Å². The SMILES string of the molecule is CN(C(=O)C(C#N)Cc1ccccn1)c1ccccc1. The number of carbonyl (C=O) groups is 1. The molecule has 2 rings (SSSR count). The summed E-state index contributed by atoms with van der Waals surface area (Å²) in [7, 11) is 1.68. The van der Waals surface area contributed by atoms with Gasteiger partial charge in [0, 0.05) is 31.0 Å². The molecule has 1 unspecified atom stereocenters. The molecule has 1 heterocycles. The Balaban J connectivity index is 2.12. The Morgan fingerprint density at radius 3 is 2.55 bits per heavy atom. The largest absolute Gasteiger partial charge is 0.314 e. The van der Waals surface area contributed by atoms with E-state index in [9.17, 15) is 10.1 Å². The lowest BCUT2D eigenvalue weighted by atomic mass is 10.0. The number of hydrogen-bond acceptors (Lipinski definition) is 3. The first kappa shape index (κ1) is 13.8. The topological polar surface area (TPSA) is 57.0 Å². The third-order valence-electron chi connectivity index (χ3n) is 3.07. The van der Waals surface area contributed by atoms with Gasteiger partial charge in [0.1, 0.15) is 5.92 Å². The van der Waals surface area contributed by atoms with E-state index in [-0.39, 0.29) is 5.91 Å². The second-order valence-electron chi connectivity index (χ2n) is 4.44. The van der Waals surface area contributed by atoms with Crippen LogP contribution in [-0.4, -0.2) is 17.9 Å². The molecule has 0 radical (unpaired) electrons. The number of nitrogens with zero attached hydrogens (tertiary/aromatic N) is 3. The van der Waals surface area contributed by atoms with Crippen molar-refractivity contribution >= 4 is 11.6 Å². The first-order valence-corrected chi connectivity index (χ1v) is 6.34. The number of pyridine rings is 1. The number of rotatable bonds is 4. The molecule has 1 aromatic carbocycles. The summed E-state index contributed by atoms with van der Waals surface area (Å²) < 4.78 is 0. The highest BCUT2D eigenvalue weighted by molar-refractivity contribution is 5.96. The lowest BCUT2D eigenvalue weighted by molar-refractivity contribution is -0.120. The monoisotopic (exact) mass is 265 g/mol. The number of carbonyl (C=O) groups excluding carboxylic acids is 1. The minimum Gasteiger partial charge on any atom is -0.314 e. The molecule has 0 aliphatic heterocycles. The van der Waals surface area contributed by atoms with Crippen molar-refractivity contribution in [3.8, 4) is 6.07 Å². The molecule has 0 aliphatic rings. The van der Waals surface area contributed by atoms with E-state index in [1.807, 2.05) is 48.5 Å². The van der Waals surface area contributed by atoms with Gasteiger partial charge in [0.25, 0.3) is 0 Å². The molecule has 4 heteroatoms. The molecule has 4 nitrogen and oxygen atoms in total. The van der Waals surface area contributed by atoms with Crippen LogP contribution in [0.5, 0.6) is 0 Å². The van der Waals surface area contributed by atoms with Crippen LogP contribution in [0.3, 0.4) is 0 Å². The molecule has 0 bridgehead atoms. The maximum absolute atomic E-state index is 12.4. The predicted octanol–water partition coefficient (Wildman–Crippen LogP) is 2.43. The summed E-state index contributed by atoms with van der Waals surface area (Å²) in [4.78, 5) is 18.0. The normalized spacial score (nSPS) is 11.4. The first-order valence-electron chi connectivity index (χ1n) is 6.34. The molecule has 1 atom stereocenters. The second-order valence-corrected chi connectivity index (χ2v) is 4.44. The van der Waals surface area contributed by atoms with Crippen LogP contribution in [0.25, 0.3) is 0 Å². The quantitative estimate of drug-likeness (QED) is 0.853. The summed E-state index contributed by atoms with van der Waals surface area (Å²) in [6.07, 6.45) is 1.99. The molecular formula is C16H15N3O. The van der Waals surface area contributed by atoms with Crippen molar-refractivity contribution in [1.82, 2.24) is 4.98 Å². The van der Waals surface area contributed by atoms with E-state index in [0.29, 0.717) is 6.42 Å². The second kappa shape index (κ2) is 6.48. The zero-order valence-electron chi connectivity index (χ0n) is 11.2. The summed E-state index contributed by atoms with van der Waals surface area (Å²) in [5.41, 5.74) is 1.52. The van der Waals surface area contributed by atoms with Crippen LogP contribution in [0, 0.1) is 17.2 Å². The highest BCUT2D eigenvalue weighted by Gasteiger charge is 2.23. The molecule has 20 heavy (non-hydrogen) atoms. The van der Waals surface area contributed by atoms with Crippen LogP contribution in [0.4, 0.5) is 5.69 Å². The van der Waals surface area contributed by atoms with Crippen molar-refractivity contribution in [2.24, 2.45) is 5.92 Å². The number of nitriles is 1. The fourth-order valence-corrected chi connectivity index (χ4v) is 1.93. The summed E-state index contributed by atoms with van der Waals surface area (Å²) in [5, 5.41) is 9.23. The first-order chi connectivity index (χ1) is 9.72. The van der Waals surface area contributed by atoms with Crippen LogP contribution in [0.2, 0.25) is 0 Å². The van der Waals surface area contributed by atoms with Crippen LogP contribution in [0.1, 0.15) is 5.69 Å². The van der Waals surface area contributed by atoms with E-state index in [1.165, 1.54) is 4.90 Å². The standard InChI is InChI=1S/C16H15N3O/c1-19(15-8-3-2-4-9-15)16(20)13(12-17)11-14-7-5-6-10-18-14/h2-10,13H,11H2,1H3. The fourth-order valence-electron chi connectivity index (χ4n) is 1.93. The molecule has 0 saturated carbocycles. The average Bonchev–Trinajstić information content (AvgIpc) is 2.53. The molecule has 0 saturated heterocycles. The van der Waals surface area contributed by atoms with Gasteiger partial charge < -0.3 is 4.90 Å². The van der Waals surface area contributed by atoms with E-state index in [2.05, 4.69) is 11.1 Å². The Hall–Kier alpha value is -2.67. The predicted molar refractivity (Wildman–Crippen MR) is 76.9 cm³/mol. The third kappa shape index (κ3) is 3.21. The lowest BCUT2D eigenvalue weighted by Crippen LogP contribution is -2.33. The molecule has 0 spiro atoms. The number of anilines is 1. The maximum Gasteiger partial charge on any atom is 0.244 e. The van der Waals surface area contributed by atoms with Crippen molar-refractivity contribution in [3.63, 3.8) is 0 Å². The molecule has 1 amide bonds. The van der Waals surface area contributed by atoms with Crippen molar-refractivity contribution in [2.75, 3.05) is 11.9 Å². The number of aromatic nitrogens is 1. The molecule has 2 aromatic rings. The summed E-state index contributed by atoms with van der Waals surface area (Å²) >= 11 is 0.